The van der Waals surface area contributed by atoms with Gasteiger partial charge in [0.1, 0.15) is 5.00 Å². The molecule has 2 N–H and O–H groups in total. The molecule has 1 fully saturated rings. The molecule has 0 spiro atoms. The molecule has 5 nitrogen and oxygen atoms in total. The molecule has 1 aromatic heterocycles. The minimum absolute atomic E-state index is 0.204. The van der Waals surface area contributed by atoms with E-state index in [1.54, 1.807) is 18.9 Å². The summed E-state index contributed by atoms with van der Waals surface area (Å²) < 4.78 is 0. The Labute approximate surface area is 116 Å². The fourth-order valence-corrected chi connectivity index (χ4v) is 2.98. The number of aryl methyl sites for hydroxylation is 1. The molecule has 0 saturated heterocycles. The Morgan fingerprint density at radius 2 is 2.05 bits per heavy atom. The molecule has 19 heavy (non-hydrogen) atoms. The lowest BCUT2D eigenvalue weighted by Crippen LogP contribution is -2.33. The molecule has 0 radical (unpaired) electrons. The Hall–Kier alpha value is -1.56. The van der Waals surface area contributed by atoms with Crippen LogP contribution in [0.25, 0.3) is 0 Å². The van der Waals surface area contributed by atoms with E-state index >= 15 is 0 Å². The van der Waals surface area contributed by atoms with Crippen molar-refractivity contribution in [1.29, 1.82) is 0 Å². The molecule has 0 unspecified atom stereocenters. The Morgan fingerprint density at radius 3 is 2.58 bits per heavy atom. The third kappa shape index (κ3) is 3.07. The number of thiophene rings is 1. The maximum atomic E-state index is 12.0. The number of aromatic carboxylic acids is 1. The zero-order valence-electron chi connectivity index (χ0n) is 11.3. The average molecular weight is 282 g/mol. The lowest BCUT2D eigenvalue weighted by atomic mass is 10.1. The van der Waals surface area contributed by atoms with Crippen LogP contribution in [0.2, 0.25) is 0 Å². The summed E-state index contributed by atoms with van der Waals surface area (Å²) in [7, 11) is 1.74. The molecule has 1 aliphatic carbocycles. The van der Waals surface area contributed by atoms with Crippen molar-refractivity contribution in [2.75, 3.05) is 18.9 Å². The predicted octanol–water partition coefficient (Wildman–Crippen LogP) is 2.94. The van der Waals surface area contributed by atoms with Crippen LogP contribution in [-0.4, -0.2) is 35.6 Å². The van der Waals surface area contributed by atoms with Crippen LogP contribution >= 0.6 is 11.3 Å². The summed E-state index contributed by atoms with van der Waals surface area (Å²) in [6.45, 7) is 4.35. The van der Waals surface area contributed by atoms with Crippen LogP contribution in [0.5, 0.6) is 0 Å². The van der Waals surface area contributed by atoms with E-state index in [1.807, 2.05) is 6.92 Å². The molecule has 2 rings (SSSR count). The van der Waals surface area contributed by atoms with Gasteiger partial charge in [-0.25, -0.2) is 9.59 Å². The predicted molar refractivity (Wildman–Crippen MR) is 75.1 cm³/mol. The lowest BCUT2D eigenvalue weighted by molar-refractivity contribution is 0.0697. The van der Waals surface area contributed by atoms with E-state index in [1.165, 1.54) is 24.2 Å². The number of nitrogens with zero attached hydrogens (tertiary/aromatic N) is 1. The van der Waals surface area contributed by atoms with Gasteiger partial charge in [-0.3, -0.25) is 5.32 Å². The number of nitrogens with one attached hydrogen (secondary N) is 1. The highest BCUT2D eigenvalue weighted by Crippen LogP contribution is 2.33. The third-order valence-corrected chi connectivity index (χ3v) is 4.52. The number of carboxylic acid groups (broad SMARTS) is 1. The van der Waals surface area contributed by atoms with E-state index in [2.05, 4.69) is 5.32 Å². The minimum Gasteiger partial charge on any atom is -0.478 e. The molecular formula is C13H18N2O3S. The van der Waals surface area contributed by atoms with Gasteiger partial charge in [0.05, 0.1) is 5.56 Å². The number of carbonyl (C=O) groups excluding carboxylic acids is 1. The molecule has 0 atom stereocenters. The van der Waals surface area contributed by atoms with E-state index < -0.39 is 5.97 Å². The Balaban J connectivity index is 2.11. The van der Waals surface area contributed by atoms with Crippen molar-refractivity contribution in [1.82, 2.24) is 4.90 Å². The van der Waals surface area contributed by atoms with Gasteiger partial charge < -0.3 is 10.0 Å². The average Bonchev–Trinajstić information content (AvgIpc) is 3.07. The van der Waals surface area contributed by atoms with Crippen LogP contribution in [0, 0.1) is 19.8 Å². The summed E-state index contributed by atoms with van der Waals surface area (Å²) in [4.78, 5) is 25.8. The second kappa shape index (κ2) is 5.21. The Morgan fingerprint density at radius 1 is 1.42 bits per heavy atom. The fourth-order valence-electron chi connectivity index (χ4n) is 1.94. The topological polar surface area (TPSA) is 69.6 Å². The number of carboxylic acids is 1. The molecule has 6 heteroatoms. The molecule has 1 saturated carbocycles. The number of amides is 2. The molecule has 0 aliphatic heterocycles. The molecule has 104 valence electrons. The van der Waals surface area contributed by atoms with Gasteiger partial charge in [0.2, 0.25) is 0 Å². The van der Waals surface area contributed by atoms with Gasteiger partial charge in [0.15, 0.2) is 0 Å². The summed E-state index contributed by atoms with van der Waals surface area (Å²) in [5.74, 6) is -0.386. The monoisotopic (exact) mass is 282 g/mol. The molecule has 1 aliphatic rings. The largest absolute Gasteiger partial charge is 0.478 e. The summed E-state index contributed by atoms with van der Waals surface area (Å²) in [5, 5.41) is 12.3. The molecule has 0 bridgehead atoms. The van der Waals surface area contributed by atoms with Gasteiger partial charge in [-0.15, -0.1) is 11.3 Å². The maximum Gasteiger partial charge on any atom is 0.338 e. The van der Waals surface area contributed by atoms with E-state index in [-0.39, 0.29) is 11.6 Å². The smallest absolute Gasteiger partial charge is 0.338 e. The maximum absolute atomic E-state index is 12.0. The second-order valence-corrected chi connectivity index (χ2v) is 6.27. The number of rotatable bonds is 4. The Bertz CT molecular complexity index is 520. The highest BCUT2D eigenvalue weighted by Gasteiger charge is 2.26. The van der Waals surface area contributed by atoms with Crippen LogP contribution in [0.15, 0.2) is 0 Å². The summed E-state index contributed by atoms with van der Waals surface area (Å²) >= 11 is 1.31. The highest BCUT2D eigenvalue weighted by molar-refractivity contribution is 7.16. The summed E-state index contributed by atoms with van der Waals surface area (Å²) in [6, 6.07) is -0.240. The standard InChI is InChI=1S/C13H18N2O3S/c1-7-8(2)19-11(10(7)12(16)17)14-13(18)15(3)6-9-4-5-9/h9H,4-6H2,1-3H3,(H,14,18)(H,16,17). The zero-order valence-corrected chi connectivity index (χ0v) is 12.1. The van der Waals surface area contributed by atoms with Crippen LogP contribution in [0.4, 0.5) is 9.80 Å². The van der Waals surface area contributed by atoms with Gasteiger partial charge in [-0.05, 0) is 38.2 Å². The normalized spacial score (nSPS) is 14.3. The summed E-state index contributed by atoms with van der Waals surface area (Å²) in [5.41, 5.74) is 0.924. The first kappa shape index (κ1) is 13.9. The van der Waals surface area contributed by atoms with Gasteiger partial charge in [0, 0.05) is 18.5 Å². The van der Waals surface area contributed by atoms with Crippen LogP contribution in [0.3, 0.4) is 0 Å². The summed E-state index contributed by atoms with van der Waals surface area (Å²) in [6.07, 6.45) is 2.35. The number of hydrogen-bond acceptors (Lipinski definition) is 3. The molecule has 1 aromatic rings. The number of urea groups is 1. The van der Waals surface area contributed by atoms with Crippen molar-refractivity contribution in [3.05, 3.63) is 16.0 Å². The molecule has 2 amide bonds. The molecular weight excluding hydrogens is 264 g/mol. The van der Waals surface area contributed by atoms with E-state index in [0.717, 1.165) is 17.0 Å². The van der Waals surface area contributed by atoms with Crippen molar-refractivity contribution >= 4 is 28.3 Å². The number of carbonyl (C=O) groups is 2. The van der Waals surface area contributed by atoms with Gasteiger partial charge in [-0.2, -0.15) is 0 Å². The lowest BCUT2D eigenvalue weighted by Gasteiger charge is -2.17. The molecule has 1 heterocycles. The van der Waals surface area contributed by atoms with Crippen LogP contribution in [0.1, 0.15) is 33.6 Å². The first-order chi connectivity index (χ1) is 8.90. The van der Waals surface area contributed by atoms with Crippen molar-refractivity contribution in [3.63, 3.8) is 0 Å². The quantitative estimate of drug-likeness (QED) is 0.892. The van der Waals surface area contributed by atoms with Gasteiger partial charge >= 0.3 is 12.0 Å². The van der Waals surface area contributed by atoms with Crippen molar-refractivity contribution in [2.24, 2.45) is 5.92 Å². The first-order valence-corrected chi connectivity index (χ1v) is 7.07. The SMILES string of the molecule is Cc1sc(NC(=O)N(C)CC2CC2)c(C(=O)O)c1C. The van der Waals surface area contributed by atoms with Crippen molar-refractivity contribution in [2.45, 2.75) is 26.7 Å². The first-order valence-electron chi connectivity index (χ1n) is 6.25. The minimum atomic E-state index is -0.998. The van der Waals surface area contributed by atoms with E-state index in [0.29, 0.717) is 10.9 Å². The van der Waals surface area contributed by atoms with Gasteiger partial charge in [0.25, 0.3) is 0 Å². The van der Waals surface area contributed by atoms with E-state index in [4.69, 9.17) is 0 Å². The van der Waals surface area contributed by atoms with E-state index in [9.17, 15) is 14.7 Å². The molecule has 0 aromatic carbocycles. The fraction of sp³-hybridized carbons (Fsp3) is 0.538. The van der Waals surface area contributed by atoms with Gasteiger partial charge in [-0.1, -0.05) is 0 Å². The van der Waals surface area contributed by atoms with Crippen molar-refractivity contribution < 1.29 is 14.7 Å². The van der Waals surface area contributed by atoms with Crippen molar-refractivity contribution in [3.8, 4) is 0 Å². The van der Waals surface area contributed by atoms with Crippen LogP contribution < -0.4 is 5.32 Å². The zero-order chi connectivity index (χ0) is 14.2. The van der Waals surface area contributed by atoms with Crippen LogP contribution in [-0.2, 0) is 0 Å². The Kier molecular flexibility index (Phi) is 3.80. The number of anilines is 1. The second-order valence-electron chi connectivity index (χ2n) is 5.05. The number of hydrogen-bond donors (Lipinski definition) is 2. The highest BCUT2D eigenvalue weighted by atomic mass is 32.1. The third-order valence-electron chi connectivity index (χ3n) is 3.40.